The summed E-state index contributed by atoms with van der Waals surface area (Å²) in [7, 11) is 0. The molecule has 0 saturated carbocycles. The van der Waals surface area contributed by atoms with Gasteiger partial charge in [-0.1, -0.05) is 53.2 Å². The number of likely N-dealkylation sites (tertiary alicyclic amines) is 1. The van der Waals surface area contributed by atoms with Crippen LogP contribution in [-0.2, 0) is 0 Å². The lowest BCUT2D eigenvalue weighted by Gasteiger charge is -2.30. The van der Waals surface area contributed by atoms with Crippen LogP contribution in [0.3, 0.4) is 0 Å². The van der Waals surface area contributed by atoms with Crippen LogP contribution < -0.4 is 5.32 Å². The Morgan fingerprint density at radius 2 is 1.86 bits per heavy atom. The Morgan fingerprint density at radius 1 is 1.11 bits per heavy atom. The third-order valence-corrected chi connectivity index (χ3v) is 5.23. The molecule has 1 fully saturated rings. The second kappa shape index (κ2) is 7.84. The number of nitrogens with one attached hydrogen (secondary N) is 1. The molecule has 2 aromatic carbocycles. The molecule has 2 heterocycles. The smallest absolute Gasteiger partial charge is 0.321 e. The summed E-state index contributed by atoms with van der Waals surface area (Å²) in [5.74, 6) is 1.47. The van der Waals surface area contributed by atoms with E-state index in [1.165, 1.54) is 5.56 Å². The van der Waals surface area contributed by atoms with E-state index in [0.717, 1.165) is 29.7 Å². The van der Waals surface area contributed by atoms with Crippen LogP contribution >= 0.6 is 0 Å². The largest absolute Gasteiger partial charge is 0.339 e. The Morgan fingerprint density at radius 3 is 2.57 bits per heavy atom. The number of rotatable bonds is 3. The van der Waals surface area contributed by atoms with Crippen molar-refractivity contribution in [2.75, 3.05) is 18.4 Å². The predicted molar refractivity (Wildman–Crippen MR) is 108 cm³/mol. The lowest BCUT2D eigenvalue weighted by atomic mass is 9.97. The fourth-order valence-electron chi connectivity index (χ4n) is 3.58. The number of aromatic nitrogens is 2. The van der Waals surface area contributed by atoms with Gasteiger partial charge in [-0.2, -0.15) is 4.98 Å². The molecule has 2 amide bonds. The Bertz CT molecular complexity index is 960. The van der Waals surface area contributed by atoms with Crippen molar-refractivity contribution in [1.29, 1.82) is 0 Å². The number of aryl methyl sites for hydroxylation is 2. The number of hydrogen-bond donors (Lipinski definition) is 1. The number of urea groups is 1. The van der Waals surface area contributed by atoms with E-state index >= 15 is 0 Å². The first kappa shape index (κ1) is 18.2. The van der Waals surface area contributed by atoms with Gasteiger partial charge < -0.3 is 14.7 Å². The lowest BCUT2D eigenvalue weighted by Crippen LogP contribution is -2.40. The topological polar surface area (TPSA) is 71.3 Å². The molecule has 0 bridgehead atoms. The molecule has 0 atom stereocenters. The van der Waals surface area contributed by atoms with E-state index in [9.17, 15) is 4.79 Å². The maximum Gasteiger partial charge on any atom is 0.321 e. The Kier molecular flexibility index (Phi) is 5.10. The number of hydrogen-bond acceptors (Lipinski definition) is 4. The molecule has 1 aliphatic rings. The van der Waals surface area contributed by atoms with Crippen molar-refractivity contribution >= 4 is 11.7 Å². The van der Waals surface area contributed by atoms with Gasteiger partial charge in [-0.05, 0) is 38.3 Å². The maximum atomic E-state index is 12.6. The zero-order valence-corrected chi connectivity index (χ0v) is 16.2. The molecule has 6 nitrogen and oxygen atoms in total. The second-order valence-electron chi connectivity index (χ2n) is 7.33. The van der Waals surface area contributed by atoms with Crippen LogP contribution in [0.15, 0.2) is 53.1 Å². The van der Waals surface area contributed by atoms with E-state index in [-0.39, 0.29) is 11.9 Å². The average molecular weight is 376 g/mol. The van der Waals surface area contributed by atoms with Crippen molar-refractivity contribution in [2.45, 2.75) is 32.6 Å². The van der Waals surface area contributed by atoms with Crippen molar-refractivity contribution < 1.29 is 9.32 Å². The molecular weight excluding hydrogens is 352 g/mol. The number of amides is 2. The van der Waals surface area contributed by atoms with Crippen LogP contribution in [-0.4, -0.2) is 34.2 Å². The number of piperidine rings is 1. The summed E-state index contributed by atoms with van der Waals surface area (Å²) < 4.78 is 5.50. The van der Waals surface area contributed by atoms with Crippen LogP contribution in [0.5, 0.6) is 0 Å². The summed E-state index contributed by atoms with van der Waals surface area (Å²) in [6.07, 6.45) is 1.63. The molecule has 1 aromatic heterocycles. The number of carbonyl (C=O) groups is 1. The van der Waals surface area contributed by atoms with Gasteiger partial charge in [0.1, 0.15) is 0 Å². The first-order chi connectivity index (χ1) is 13.6. The van der Waals surface area contributed by atoms with Crippen LogP contribution in [0.2, 0.25) is 0 Å². The molecule has 28 heavy (non-hydrogen) atoms. The monoisotopic (exact) mass is 376 g/mol. The van der Waals surface area contributed by atoms with Crippen molar-refractivity contribution in [3.8, 4) is 11.4 Å². The molecule has 6 heteroatoms. The highest BCUT2D eigenvalue weighted by Crippen LogP contribution is 2.29. The Hall–Kier alpha value is -3.15. The number of carbonyl (C=O) groups excluding carboxylic acids is 1. The summed E-state index contributed by atoms with van der Waals surface area (Å²) in [4.78, 5) is 19.0. The van der Waals surface area contributed by atoms with Crippen LogP contribution in [0.1, 0.15) is 35.8 Å². The SMILES string of the molecule is Cc1ccc(NC(=O)N2CCC(c3nc(-c4ccccc4)no3)CC2)c(C)c1. The molecule has 0 radical (unpaired) electrons. The number of benzene rings is 2. The zero-order chi connectivity index (χ0) is 19.5. The van der Waals surface area contributed by atoms with Gasteiger partial charge in [-0.25, -0.2) is 4.79 Å². The van der Waals surface area contributed by atoms with E-state index in [1.54, 1.807) is 0 Å². The fourth-order valence-corrected chi connectivity index (χ4v) is 3.58. The van der Waals surface area contributed by atoms with Crippen LogP contribution in [0.4, 0.5) is 10.5 Å². The van der Waals surface area contributed by atoms with Gasteiger partial charge in [0.15, 0.2) is 0 Å². The highest BCUT2D eigenvalue weighted by atomic mass is 16.5. The van der Waals surface area contributed by atoms with Gasteiger partial charge >= 0.3 is 6.03 Å². The average Bonchev–Trinajstić information content (AvgIpc) is 3.21. The molecule has 4 rings (SSSR count). The van der Waals surface area contributed by atoms with Gasteiger partial charge in [0.2, 0.25) is 11.7 Å². The summed E-state index contributed by atoms with van der Waals surface area (Å²) in [6.45, 7) is 5.40. The Labute approximate surface area is 164 Å². The fraction of sp³-hybridized carbons (Fsp3) is 0.318. The van der Waals surface area contributed by atoms with Crippen LogP contribution in [0, 0.1) is 13.8 Å². The molecule has 1 saturated heterocycles. The standard InChI is InChI=1S/C22H24N4O2/c1-15-8-9-19(16(2)14-15)23-22(27)26-12-10-18(11-13-26)21-24-20(25-28-21)17-6-4-3-5-7-17/h3-9,14,18H,10-13H2,1-2H3,(H,23,27). The van der Waals surface area contributed by atoms with E-state index in [0.29, 0.717) is 24.8 Å². The predicted octanol–water partition coefficient (Wildman–Crippen LogP) is 4.76. The second-order valence-corrected chi connectivity index (χ2v) is 7.33. The molecule has 0 spiro atoms. The third kappa shape index (κ3) is 3.91. The molecule has 3 aromatic rings. The minimum absolute atomic E-state index is 0.0547. The maximum absolute atomic E-state index is 12.6. The lowest BCUT2D eigenvalue weighted by molar-refractivity contribution is 0.187. The van der Waals surface area contributed by atoms with E-state index < -0.39 is 0 Å². The first-order valence-corrected chi connectivity index (χ1v) is 9.62. The highest BCUT2D eigenvalue weighted by Gasteiger charge is 2.27. The van der Waals surface area contributed by atoms with Crippen molar-refractivity contribution in [3.05, 3.63) is 65.5 Å². The Balaban J connectivity index is 1.35. The first-order valence-electron chi connectivity index (χ1n) is 9.62. The van der Waals surface area contributed by atoms with Crippen molar-refractivity contribution in [2.24, 2.45) is 0 Å². The van der Waals surface area contributed by atoms with Gasteiger partial charge in [-0.15, -0.1) is 0 Å². The highest BCUT2D eigenvalue weighted by molar-refractivity contribution is 5.90. The van der Waals surface area contributed by atoms with Gasteiger partial charge in [0.05, 0.1) is 0 Å². The summed E-state index contributed by atoms with van der Waals surface area (Å²) in [5, 5.41) is 7.13. The van der Waals surface area contributed by atoms with Crippen molar-refractivity contribution in [1.82, 2.24) is 15.0 Å². The zero-order valence-electron chi connectivity index (χ0n) is 16.2. The van der Waals surface area contributed by atoms with E-state index in [1.807, 2.05) is 61.2 Å². The van der Waals surface area contributed by atoms with Crippen molar-refractivity contribution in [3.63, 3.8) is 0 Å². The molecular formula is C22H24N4O2. The molecule has 0 aliphatic carbocycles. The minimum Gasteiger partial charge on any atom is -0.339 e. The van der Waals surface area contributed by atoms with E-state index in [2.05, 4.69) is 21.5 Å². The normalized spacial score (nSPS) is 14.9. The van der Waals surface area contributed by atoms with E-state index in [4.69, 9.17) is 4.52 Å². The molecule has 0 unspecified atom stereocenters. The molecule has 1 N–H and O–H groups in total. The van der Waals surface area contributed by atoms with Gasteiger partial charge in [0, 0.05) is 30.3 Å². The number of anilines is 1. The summed E-state index contributed by atoms with van der Waals surface area (Å²) in [6, 6.07) is 15.8. The third-order valence-electron chi connectivity index (χ3n) is 5.23. The summed E-state index contributed by atoms with van der Waals surface area (Å²) in [5.41, 5.74) is 4.07. The van der Waals surface area contributed by atoms with Gasteiger partial charge in [0.25, 0.3) is 0 Å². The minimum atomic E-state index is -0.0547. The number of nitrogens with zero attached hydrogens (tertiary/aromatic N) is 3. The van der Waals surface area contributed by atoms with Gasteiger partial charge in [-0.3, -0.25) is 0 Å². The summed E-state index contributed by atoms with van der Waals surface area (Å²) >= 11 is 0. The van der Waals surface area contributed by atoms with Crippen LogP contribution in [0.25, 0.3) is 11.4 Å². The quantitative estimate of drug-likeness (QED) is 0.715. The molecule has 1 aliphatic heterocycles. The molecule has 144 valence electrons.